The van der Waals surface area contributed by atoms with Crippen molar-refractivity contribution in [1.82, 2.24) is 10.3 Å². The topological polar surface area (TPSA) is 34.2 Å². The smallest absolute Gasteiger partial charge is 0.142 e. The summed E-state index contributed by atoms with van der Waals surface area (Å²) in [5, 5.41) is 4.39. The van der Waals surface area contributed by atoms with Crippen LogP contribution in [0.2, 0.25) is 10.0 Å². The van der Waals surface area contributed by atoms with Crippen LogP contribution < -0.4 is 10.1 Å². The highest BCUT2D eigenvalue weighted by atomic mass is 35.5. The van der Waals surface area contributed by atoms with Crippen LogP contribution in [-0.4, -0.2) is 19.1 Å². The quantitative estimate of drug-likeness (QED) is 0.934. The Bertz CT molecular complexity index is 555. The maximum absolute atomic E-state index is 6.05. The zero-order valence-corrected chi connectivity index (χ0v) is 12.2. The average Bonchev–Trinajstić information content (AvgIpc) is 2.39. The average molecular weight is 297 g/mol. The number of pyridine rings is 1. The molecule has 0 aliphatic heterocycles. The fraction of sp³-hybridized carbons (Fsp3) is 0.214. The molecule has 2 rings (SSSR count). The van der Waals surface area contributed by atoms with Gasteiger partial charge in [-0.3, -0.25) is 4.98 Å². The van der Waals surface area contributed by atoms with Crippen LogP contribution in [0.3, 0.4) is 0 Å². The number of benzene rings is 1. The van der Waals surface area contributed by atoms with Gasteiger partial charge in [0.1, 0.15) is 11.4 Å². The maximum Gasteiger partial charge on any atom is 0.142 e. The lowest BCUT2D eigenvalue weighted by Crippen LogP contribution is -2.19. The molecule has 0 saturated heterocycles. The van der Waals surface area contributed by atoms with Gasteiger partial charge in [0, 0.05) is 16.2 Å². The largest absolute Gasteiger partial charge is 0.495 e. The van der Waals surface area contributed by atoms with Crippen LogP contribution in [0.15, 0.2) is 36.5 Å². The first kappa shape index (κ1) is 14.1. The molecule has 0 fully saturated rings. The van der Waals surface area contributed by atoms with Crippen molar-refractivity contribution in [2.45, 2.75) is 6.04 Å². The summed E-state index contributed by atoms with van der Waals surface area (Å²) in [6, 6.07) is 9.01. The molecule has 1 heterocycles. The number of ether oxygens (including phenoxy) is 1. The molecule has 1 atom stereocenters. The van der Waals surface area contributed by atoms with E-state index in [1.165, 1.54) is 0 Å². The monoisotopic (exact) mass is 296 g/mol. The van der Waals surface area contributed by atoms with Gasteiger partial charge in [0.05, 0.1) is 13.2 Å². The third kappa shape index (κ3) is 3.18. The number of nitrogens with one attached hydrogen (secondary N) is 1. The molecule has 1 aromatic heterocycles. The van der Waals surface area contributed by atoms with Crippen molar-refractivity contribution >= 4 is 23.2 Å². The molecular weight excluding hydrogens is 283 g/mol. The molecule has 100 valence electrons. The Morgan fingerprint density at radius 3 is 2.47 bits per heavy atom. The normalized spacial score (nSPS) is 12.2. The van der Waals surface area contributed by atoms with Crippen LogP contribution >= 0.6 is 23.2 Å². The zero-order chi connectivity index (χ0) is 13.8. The third-order valence-corrected chi connectivity index (χ3v) is 3.24. The highest BCUT2D eigenvalue weighted by Gasteiger charge is 2.18. The van der Waals surface area contributed by atoms with Gasteiger partial charge in [-0.2, -0.15) is 0 Å². The lowest BCUT2D eigenvalue weighted by Gasteiger charge is -2.19. The minimum absolute atomic E-state index is 0.132. The molecular formula is C14H14Cl2N2O. The van der Waals surface area contributed by atoms with Crippen LogP contribution in [0, 0.1) is 0 Å². The second-order valence-electron chi connectivity index (χ2n) is 4.02. The number of hydrogen-bond donors (Lipinski definition) is 1. The van der Waals surface area contributed by atoms with Crippen LogP contribution in [0.4, 0.5) is 0 Å². The van der Waals surface area contributed by atoms with Gasteiger partial charge in [-0.05, 0) is 42.9 Å². The van der Waals surface area contributed by atoms with Crippen LogP contribution in [0.25, 0.3) is 0 Å². The van der Waals surface area contributed by atoms with E-state index in [1.54, 1.807) is 19.4 Å². The number of hydrogen-bond acceptors (Lipinski definition) is 3. The summed E-state index contributed by atoms with van der Waals surface area (Å²) < 4.78 is 5.34. The number of nitrogens with zero attached hydrogens (tertiary/aromatic N) is 1. The van der Waals surface area contributed by atoms with Gasteiger partial charge in [0.25, 0.3) is 0 Å². The second kappa shape index (κ2) is 6.24. The molecule has 5 heteroatoms. The van der Waals surface area contributed by atoms with Crippen molar-refractivity contribution in [2.24, 2.45) is 0 Å². The van der Waals surface area contributed by atoms with Gasteiger partial charge >= 0.3 is 0 Å². The maximum atomic E-state index is 6.05. The molecule has 0 radical (unpaired) electrons. The van der Waals surface area contributed by atoms with E-state index >= 15 is 0 Å². The summed E-state index contributed by atoms with van der Waals surface area (Å²) in [6.45, 7) is 0. The SMILES string of the molecule is CNC(c1cc(Cl)cc(Cl)c1)c1ncccc1OC. The molecule has 1 unspecified atom stereocenters. The van der Waals surface area contributed by atoms with Gasteiger partial charge in [0.15, 0.2) is 0 Å². The minimum atomic E-state index is -0.132. The van der Waals surface area contributed by atoms with Gasteiger partial charge in [-0.15, -0.1) is 0 Å². The molecule has 2 aromatic rings. The van der Waals surface area contributed by atoms with Crippen molar-refractivity contribution in [2.75, 3.05) is 14.2 Å². The molecule has 3 nitrogen and oxygen atoms in total. The van der Waals surface area contributed by atoms with E-state index in [0.29, 0.717) is 10.0 Å². The van der Waals surface area contributed by atoms with Crippen molar-refractivity contribution in [3.8, 4) is 5.75 Å². The predicted molar refractivity (Wildman–Crippen MR) is 78.2 cm³/mol. The van der Waals surface area contributed by atoms with Gasteiger partial charge in [0.2, 0.25) is 0 Å². The lowest BCUT2D eigenvalue weighted by atomic mass is 10.0. The Kier molecular flexibility index (Phi) is 4.64. The van der Waals surface area contributed by atoms with E-state index in [0.717, 1.165) is 17.0 Å². The Morgan fingerprint density at radius 1 is 1.21 bits per heavy atom. The summed E-state index contributed by atoms with van der Waals surface area (Å²) in [7, 11) is 3.48. The van der Waals surface area contributed by atoms with Crippen molar-refractivity contribution < 1.29 is 4.74 Å². The molecule has 0 amide bonds. The van der Waals surface area contributed by atoms with E-state index < -0.39 is 0 Å². The van der Waals surface area contributed by atoms with E-state index in [9.17, 15) is 0 Å². The fourth-order valence-electron chi connectivity index (χ4n) is 2.00. The van der Waals surface area contributed by atoms with E-state index in [1.807, 2.05) is 31.3 Å². The van der Waals surface area contributed by atoms with Crippen LogP contribution in [0.5, 0.6) is 5.75 Å². The zero-order valence-electron chi connectivity index (χ0n) is 10.7. The third-order valence-electron chi connectivity index (χ3n) is 2.80. The fourth-order valence-corrected chi connectivity index (χ4v) is 2.54. The summed E-state index contributed by atoms with van der Waals surface area (Å²) in [5.41, 5.74) is 1.74. The van der Waals surface area contributed by atoms with Crippen LogP contribution in [0.1, 0.15) is 17.3 Å². The molecule has 1 aromatic carbocycles. The molecule has 0 spiro atoms. The van der Waals surface area contributed by atoms with Gasteiger partial charge in [-0.25, -0.2) is 0 Å². The van der Waals surface area contributed by atoms with E-state index in [4.69, 9.17) is 27.9 Å². The van der Waals surface area contributed by atoms with Gasteiger partial charge in [-0.1, -0.05) is 23.2 Å². The highest BCUT2D eigenvalue weighted by molar-refractivity contribution is 6.34. The van der Waals surface area contributed by atoms with E-state index in [-0.39, 0.29) is 6.04 Å². The molecule has 1 N–H and O–H groups in total. The summed E-state index contributed by atoms with van der Waals surface area (Å²) in [4.78, 5) is 4.38. The summed E-state index contributed by atoms with van der Waals surface area (Å²) in [5.74, 6) is 0.720. The Balaban J connectivity index is 2.49. The highest BCUT2D eigenvalue weighted by Crippen LogP contribution is 2.30. The first-order valence-corrected chi connectivity index (χ1v) is 6.53. The molecule has 0 aliphatic rings. The summed E-state index contributed by atoms with van der Waals surface area (Å²) >= 11 is 12.1. The summed E-state index contributed by atoms with van der Waals surface area (Å²) in [6.07, 6.45) is 1.73. The predicted octanol–water partition coefficient (Wildman–Crippen LogP) is 3.71. The first-order chi connectivity index (χ1) is 9.15. The van der Waals surface area contributed by atoms with Crippen molar-refractivity contribution in [3.63, 3.8) is 0 Å². The van der Waals surface area contributed by atoms with Crippen molar-refractivity contribution in [3.05, 3.63) is 57.8 Å². The molecule has 0 saturated carbocycles. The Hall–Kier alpha value is -1.29. The van der Waals surface area contributed by atoms with Crippen LogP contribution in [-0.2, 0) is 0 Å². The van der Waals surface area contributed by atoms with Crippen molar-refractivity contribution in [1.29, 1.82) is 0 Å². The number of aromatic nitrogens is 1. The number of methoxy groups -OCH3 is 1. The molecule has 19 heavy (non-hydrogen) atoms. The van der Waals surface area contributed by atoms with E-state index in [2.05, 4.69) is 10.3 Å². The minimum Gasteiger partial charge on any atom is -0.495 e. The lowest BCUT2D eigenvalue weighted by molar-refractivity contribution is 0.401. The Morgan fingerprint density at radius 2 is 1.89 bits per heavy atom. The number of halogens is 2. The standard InChI is InChI=1S/C14H14Cl2N2O/c1-17-13(9-6-10(15)8-11(16)7-9)14-12(19-2)4-3-5-18-14/h3-8,13,17H,1-2H3. The number of rotatable bonds is 4. The molecule has 0 bridgehead atoms. The van der Waals surface area contributed by atoms with Gasteiger partial charge < -0.3 is 10.1 Å². The first-order valence-electron chi connectivity index (χ1n) is 5.78. The second-order valence-corrected chi connectivity index (χ2v) is 4.89. The molecule has 0 aliphatic carbocycles. The Labute approximate surface area is 122 Å².